The number of aromatic nitrogens is 2. The topological polar surface area (TPSA) is 73.5 Å². The van der Waals surface area contributed by atoms with Gasteiger partial charge in [0.05, 0.1) is 18.3 Å². The highest BCUT2D eigenvalue weighted by Crippen LogP contribution is 2.20. The standard InChI is InChI=1S/C21H23N3O4S/c1-14-6-3-4-10-22(14)18(25)13-23-17-9-11-29-19(17)20(26)24(21(23)27)15-7-5-8-16(12-15)28-2/h5,7-9,11-12,14H,3-4,6,10,13H2,1-2H3. The van der Waals surface area contributed by atoms with Crippen molar-refractivity contribution in [1.29, 1.82) is 0 Å². The minimum absolute atomic E-state index is 0.0827. The van der Waals surface area contributed by atoms with Gasteiger partial charge >= 0.3 is 5.69 Å². The Labute approximate surface area is 171 Å². The van der Waals surface area contributed by atoms with Crippen LogP contribution in [0.25, 0.3) is 15.9 Å². The molecule has 0 N–H and O–H groups in total. The van der Waals surface area contributed by atoms with E-state index in [0.717, 1.165) is 23.8 Å². The molecule has 1 aromatic carbocycles. The second kappa shape index (κ2) is 7.87. The van der Waals surface area contributed by atoms with Gasteiger partial charge in [-0.3, -0.25) is 14.2 Å². The van der Waals surface area contributed by atoms with Gasteiger partial charge in [0.1, 0.15) is 17.0 Å². The molecule has 7 nitrogen and oxygen atoms in total. The molecular formula is C21H23N3O4S. The molecule has 1 saturated heterocycles. The summed E-state index contributed by atoms with van der Waals surface area (Å²) >= 11 is 1.27. The van der Waals surface area contributed by atoms with Gasteiger partial charge in [-0.15, -0.1) is 11.3 Å². The summed E-state index contributed by atoms with van der Waals surface area (Å²) in [6.07, 6.45) is 3.06. The monoisotopic (exact) mass is 413 g/mol. The molecule has 3 aromatic rings. The summed E-state index contributed by atoms with van der Waals surface area (Å²) in [6.45, 7) is 2.66. The van der Waals surface area contributed by atoms with Crippen molar-refractivity contribution in [2.45, 2.75) is 38.8 Å². The number of carbonyl (C=O) groups excluding carboxylic acids is 1. The first-order chi connectivity index (χ1) is 14.0. The van der Waals surface area contributed by atoms with Crippen molar-refractivity contribution < 1.29 is 9.53 Å². The maximum atomic E-state index is 13.3. The molecule has 0 saturated carbocycles. The van der Waals surface area contributed by atoms with Crippen LogP contribution < -0.4 is 16.0 Å². The Kier molecular flexibility index (Phi) is 5.27. The first kappa shape index (κ1) is 19.4. The molecule has 1 atom stereocenters. The second-order valence-electron chi connectivity index (χ2n) is 7.28. The molecule has 152 valence electrons. The lowest BCUT2D eigenvalue weighted by Gasteiger charge is -2.33. The Bertz CT molecular complexity index is 1180. The van der Waals surface area contributed by atoms with Crippen LogP contribution >= 0.6 is 11.3 Å². The predicted octanol–water partition coefficient (Wildman–Crippen LogP) is 2.62. The van der Waals surface area contributed by atoms with E-state index < -0.39 is 5.69 Å². The smallest absolute Gasteiger partial charge is 0.336 e. The van der Waals surface area contributed by atoms with E-state index in [4.69, 9.17) is 4.74 Å². The maximum absolute atomic E-state index is 13.3. The molecule has 3 heterocycles. The van der Waals surface area contributed by atoms with E-state index in [1.165, 1.54) is 23.0 Å². The molecule has 2 aromatic heterocycles. The molecule has 1 unspecified atom stereocenters. The van der Waals surface area contributed by atoms with Crippen LogP contribution in [0.2, 0.25) is 0 Å². The molecule has 1 aliphatic heterocycles. The van der Waals surface area contributed by atoms with Crippen LogP contribution in [-0.2, 0) is 11.3 Å². The lowest BCUT2D eigenvalue weighted by molar-refractivity contribution is -0.135. The average Bonchev–Trinajstić information content (AvgIpc) is 3.22. The minimum atomic E-state index is -0.521. The van der Waals surface area contributed by atoms with Crippen LogP contribution in [0.3, 0.4) is 0 Å². The fourth-order valence-electron chi connectivity index (χ4n) is 3.91. The van der Waals surface area contributed by atoms with E-state index in [1.54, 1.807) is 35.7 Å². The van der Waals surface area contributed by atoms with Crippen molar-refractivity contribution in [2.24, 2.45) is 0 Å². The Morgan fingerprint density at radius 1 is 1.24 bits per heavy atom. The number of piperidine rings is 1. The van der Waals surface area contributed by atoms with Gasteiger partial charge in [0.15, 0.2) is 0 Å². The lowest BCUT2D eigenvalue weighted by Crippen LogP contribution is -2.46. The first-order valence-corrected chi connectivity index (χ1v) is 10.6. The minimum Gasteiger partial charge on any atom is -0.497 e. The molecular weight excluding hydrogens is 390 g/mol. The number of fused-ring (bicyclic) bond motifs is 1. The number of methoxy groups -OCH3 is 1. The van der Waals surface area contributed by atoms with Gasteiger partial charge in [0.2, 0.25) is 5.91 Å². The van der Waals surface area contributed by atoms with Gasteiger partial charge in [-0.2, -0.15) is 0 Å². The van der Waals surface area contributed by atoms with Crippen LogP contribution in [-0.4, -0.2) is 39.6 Å². The average molecular weight is 413 g/mol. The Morgan fingerprint density at radius 2 is 2.07 bits per heavy atom. The summed E-state index contributed by atoms with van der Waals surface area (Å²) < 4.78 is 8.22. The van der Waals surface area contributed by atoms with E-state index >= 15 is 0 Å². The summed E-state index contributed by atoms with van der Waals surface area (Å²) in [5, 5.41) is 1.77. The number of ether oxygens (including phenoxy) is 1. The molecule has 0 radical (unpaired) electrons. The summed E-state index contributed by atoms with van der Waals surface area (Å²) in [5.41, 5.74) is 0.0137. The van der Waals surface area contributed by atoms with Crippen molar-refractivity contribution >= 4 is 27.5 Å². The van der Waals surface area contributed by atoms with Gasteiger partial charge in [-0.1, -0.05) is 6.07 Å². The largest absolute Gasteiger partial charge is 0.497 e. The molecule has 0 aliphatic carbocycles. The lowest BCUT2D eigenvalue weighted by atomic mass is 10.0. The van der Waals surface area contributed by atoms with E-state index in [2.05, 4.69) is 0 Å². The molecule has 8 heteroatoms. The van der Waals surface area contributed by atoms with Crippen LogP contribution in [0.15, 0.2) is 45.3 Å². The van der Waals surface area contributed by atoms with E-state index in [1.807, 2.05) is 11.8 Å². The van der Waals surface area contributed by atoms with Crippen LogP contribution in [0.5, 0.6) is 5.75 Å². The second-order valence-corrected chi connectivity index (χ2v) is 8.19. The molecule has 29 heavy (non-hydrogen) atoms. The summed E-state index contributed by atoms with van der Waals surface area (Å²) in [6, 6.07) is 8.69. The zero-order valence-electron chi connectivity index (χ0n) is 16.5. The number of hydrogen-bond acceptors (Lipinski definition) is 5. The van der Waals surface area contributed by atoms with E-state index in [9.17, 15) is 14.4 Å². The van der Waals surface area contributed by atoms with Crippen molar-refractivity contribution in [2.75, 3.05) is 13.7 Å². The fraction of sp³-hybridized carbons (Fsp3) is 0.381. The number of likely N-dealkylation sites (tertiary alicyclic amines) is 1. The Balaban J connectivity index is 1.84. The molecule has 0 bridgehead atoms. The van der Waals surface area contributed by atoms with Crippen molar-refractivity contribution in [3.05, 3.63) is 56.5 Å². The highest BCUT2D eigenvalue weighted by Gasteiger charge is 2.25. The molecule has 1 aliphatic rings. The molecule has 0 spiro atoms. The van der Waals surface area contributed by atoms with Crippen molar-refractivity contribution in [1.82, 2.24) is 14.0 Å². The van der Waals surface area contributed by atoms with Crippen molar-refractivity contribution in [3.63, 3.8) is 0 Å². The molecule has 4 rings (SSSR count). The Morgan fingerprint density at radius 3 is 2.83 bits per heavy atom. The molecule has 1 fully saturated rings. The number of rotatable bonds is 4. The zero-order chi connectivity index (χ0) is 20.5. The van der Waals surface area contributed by atoms with Crippen LogP contribution in [0, 0.1) is 0 Å². The van der Waals surface area contributed by atoms with E-state index in [0.29, 0.717) is 28.2 Å². The number of amides is 1. The van der Waals surface area contributed by atoms with Crippen molar-refractivity contribution in [3.8, 4) is 11.4 Å². The Hall–Kier alpha value is -2.87. The molecule has 1 amide bonds. The normalized spacial score (nSPS) is 16.9. The third-order valence-electron chi connectivity index (χ3n) is 5.48. The van der Waals surface area contributed by atoms with Gasteiger partial charge in [0.25, 0.3) is 5.56 Å². The zero-order valence-corrected chi connectivity index (χ0v) is 17.3. The van der Waals surface area contributed by atoms with Gasteiger partial charge in [0, 0.05) is 18.7 Å². The van der Waals surface area contributed by atoms with Gasteiger partial charge in [-0.05, 0) is 49.8 Å². The van der Waals surface area contributed by atoms with Gasteiger partial charge < -0.3 is 9.64 Å². The predicted molar refractivity (Wildman–Crippen MR) is 113 cm³/mol. The third-order valence-corrected chi connectivity index (χ3v) is 6.37. The first-order valence-electron chi connectivity index (χ1n) is 9.68. The number of benzene rings is 1. The highest BCUT2D eigenvalue weighted by molar-refractivity contribution is 7.17. The summed E-state index contributed by atoms with van der Waals surface area (Å²) in [7, 11) is 1.53. The quantitative estimate of drug-likeness (QED) is 0.659. The number of carbonyl (C=O) groups is 1. The van der Waals surface area contributed by atoms with Gasteiger partial charge in [-0.25, -0.2) is 9.36 Å². The SMILES string of the molecule is COc1cccc(-n2c(=O)c3sccc3n(CC(=O)N3CCCCC3C)c2=O)c1. The van der Waals surface area contributed by atoms with E-state index in [-0.39, 0.29) is 24.1 Å². The highest BCUT2D eigenvalue weighted by atomic mass is 32.1. The van der Waals surface area contributed by atoms with Crippen LogP contribution in [0.1, 0.15) is 26.2 Å². The number of hydrogen-bond donors (Lipinski definition) is 0. The maximum Gasteiger partial charge on any atom is 0.336 e. The fourth-order valence-corrected chi connectivity index (χ4v) is 4.74. The summed E-state index contributed by atoms with van der Waals surface area (Å²) in [5.74, 6) is 0.451. The summed E-state index contributed by atoms with van der Waals surface area (Å²) in [4.78, 5) is 41.2. The number of thiophene rings is 1. The van der Waals surface area contributed by atoms with Crippen LogP contribution in [0.4, 0.5) is 0 Å². The third kappa shape index (κ3) is 3.48. The number of nitrogens with zero attached hydrogens (tertiary/aromatic N) is 3.